The van der Waals surface area contributed by atoms with Crippen molar-refractivity contribution in [3.63, 3.8) is 0 Å². The fourth-order valence-corrected chi connectivity index (χ4v) is 1.95. The quantitative estimate of drug-likeness (QED) is 0.826. The second kappa shape index (κ2) is 7.93. The van der Waals surface area contributed by atoms with Gasteiger partial charge in [0.05, 0.1) is 37.6 Å². The lowest BCUT2D eigenvalue weighted by atomic mass is 10.1. The fourth-order valence-electron chi connectivity index (χ4n) is 1.95. The minimum atomic E-state index is -0.405. The van der Waals surface area contributed by atoms with E-state index in [1.807, 2.05) is 24.3 Å². The zero-order chi connectivity index (χ0) is 16.7. The van der Waals surface area contributed by atoms with Gasteiger partial charge >= 0.3 is 11.9 Å². The van der Waals surface area contributed by atoms with Crippen molar-refractivity contribution in [3.05, 3.63) is 53.9 Å². The second-order valence-corrected chi connectivity index (χ2v) is 4.76. The molecule has 2 rings (SSSR count). The lowest BCUT2D eigenvalue weighted by molar-refractivity contribution is -0.139. The van der Waals surface area contributed by atoms with Crippen LogP contribution in [0.5, 0.6) is 0 Å². The molecule has 0 radical (unpaired) electrons. The third-order valence-corrected chi connectivity index (χ3v) is 3.07. The topological polar surface area (TPSA) is 77.5 Å². The number of anilines is 2. The number of benzene rings is 1. The first kappa shape index (κ1) is 16.5. The summed E-state index contributed by atoms with van der Waals surface area (Å²) >= 11 is 0. The maximum absolute atomic E-state index is 11.7. The molecule has 2 aromatic rings. The normalized spacial score (nSPS) is 10.0. The SMILES string of the molecule is CCOC(=O)c1cncc(Nc2ccc(CC(=O)OC)cc2)c1. The van der Waals surface area contributed by atoms with Crippen LogP contribution in [-0.2, 0) is 20.7 Å². The van der Waals surface area contributed by atoms with Gasteiger partial charge in [0.15, 0.2) is 0 Å². The number of nitrogens with one attached hydrogen (secondary N) is 1. The Balaban J connectivity index is 2.06. The number of ether oxygens (including phenoxy) is 2. The highest BCUT2D eigenvalue weighted by molar-refractivity contribution is 5.90. The Bertz CT molecular complexity index is 683. The number of nitrogens with zero attached hydrogens (tertiary/aromatic N) is 1. The number of rotatable bonds is 6. The zero-order valence-electron chi connectivity index (χ0n) is 13.0. The number of carbonyl (C=O) groups is 2. The van der Waals surface area contributed by atoms with Gasteiger partial charge in [0.1, 0.15) is 0 Å². The zero-order valence-corrected chi connectivity index (χ0v) is 13.0. The van der Waals surface area contributed by atoms with Crippen LogP contribution in [0.4, 0.5) is 11.4 Å². The van der Waals surface area contributed by atoms with Crippen LogP contribution in [0.2, 0.25) is 0 Å². The first-order valence-corrected chi connectivity index (χ1v) is 7.17. The summed E-state index contributed by atoms with van der Waals surface area (Å²) in [6.07, 6.45) is 3.31. The van der Waals surface area contributed by atoms with E-state index in [9.17, 15) is 9.59 Å². The molecule has 1 aromatic carbocycles. The van der Waals surface area contributed by atoms with Crippen molar-refractivity contribution in [1.82, 2.24) is 4.98 Å². The third kappa shape index (κ3) is 4.81. The highest BCUT2D eigenvalue weighted by Crippen LogP contribution is 2.18. The molecule has 1 N–H and O–H groups in total. The molecular formula is C17H18N2O4. The summed E-state index contributed by atoms with van der Waals surface area (Å²) in [5, 5.41) is 3.15. The van der Waals surface area contributed by atoms with Crippen LogP contribution in [-0.4, -0.2) is 30.6 Å². The van der Waals surface area contributed by atoms with E-state index in [2.05, 4.69) is 15.0 Å². The Labute approximate surface area is 134 Å². The second-order valence-electron chi connectivity index (χ2n) is 4.76. The van der Waals surface area contributed by atoms with E-state index < -0.39 is 5.97 Å². The van der Waals surface area contributed by atoms with E-state index in [0.29, 0.717) is 17.9 Å². The average Bonchev–Trinajstić information content (AvgIpc) is 2.57. The molecule has 6 nitrogen and oxygen atoms in total. The molecular weight excluding hydrogens is 296 g/mol. The van der Waals surface area contributed by atoms with Gasteiger partial charge in [0.25, 0.3) is 0 Å². The van der Waals surface area contributed by atoms with Crippen molar-refractivity contribution in [3.8, 4) is 0 Å². The van der Waals surface area contributed by atoms with E-state index in [1.54, 1.807) is 19.2 Å². The Morgan fingerprint density at radius 1 is 1.13 bits per heavy atom. The first-order valence-electron chi connectivity index (χ1n) is 7.17. The smallest absolute Gasteiger partial charge is 0.339 e. The van der Waals surface area contributed by atoms with Gasteiger partial charge in [0, 0.05) is 11.9 Å². The molecule has 0 fully saturated rings. The van der Waals surface area contributed by atoms with Crippen molar-refractivity contribution < 1.29 is 19.1 Å². The summed E-state index contributed by atoms with van der Waals surface area (Å²) in [6.45, 7) is 2.07. The molecule has 0 saturated heterocycles. The van der Waals surface area contributed by atoms with Crippen LogP contribution < -0.4 is 5.32 Å². The highest BCUT2D eigenvalue weighted by Gasteiger charge is 2.08. The summed E-state index contributed by atoms with van der Waals surface area (Å²) in [5.74, 6) is -0.686. The molecule has 0 aliphatic carbocycles. The van der Waals surface area contributed by atoms with Crippen LogP contribution in [0.15, 0.2) is 42.7 Å². The molecule has 0 aliphatic heterocycles. The molecule has 1 heterocycles. The van der Waals surface area contributed by atoms with Crippen molar-refractivity contribution in [2.45, 2.75) is 13.3 Å². The van der Waals surface area contributed by atoms with Gasteiger partial charge in [-0.15, -0.1) is 0 Å². The molecule has 0 spiro atoms. The number of methoxy groups -OCH3 is 1. The summed E-state index contributed by atoms with van der Waals surface area (Å²) in [6, 6.07) is 9.03. The number of pyridine rings is 1. The number of esters is 2. The van der Waals surface area contributed by atoms with Gasteiger partial charge < -0.3 is 14.8 Å². The van der Waals surface area contributed by atoms with E-state index in [-0.39, 0.29) is 12.4 Å². The van der Waals surface area contributed by atoms with Crippen molar-refractivity contribution in [2.75, 3.05) is 19.0 Å². The van der Waals surface area contributed by atoms with Gasteiger partial charge in [-0.2, -0.15) is 0 Å². The van der Waals surface area contributed by atoms with E-state index in [4.69, 9.17) is 4.74 Å². The van der Waals surface area contributed by atoms with Gasteiger partial charge in [-0.05, 0) is 30.7 Å². The molecule has 6 heteroatoms. The van der Waals surface area contributed by atoms with Crippen LogP contribution in [0.3, 0.4) is 0 Å². The number of aromatic nitrogens is 1. The molecule has 0 unspecified atom stereocenters. The minimum Gasteiger partial charge on any atom is -0.469 e. The Kier molecular flexibility index (Phi) is 5.68. The van der Waals surface area contributed by atoms with Gasteiger partial charge in [-0.25, -0.2) is 4.79 Å². The van der Waals surface area contributed by atoms with Crippen molar-refractivity contribution >= 4 is 23.3 Å². The fraction of sp³-hybridized carbons (Fsp3) is 0.235. The molecule has 1 aromatic heterocycles. The number of carbonyl (C=O) groups excluding carboxylic acids is 2. The summed E-state index contributed by atoms with van der Waals surface area (Å²) in [7, 11) is 1.36. The molecule has 0 aliphatic rings. The Morgan fingerprint density at radius 2 is 1.87 bits per heavy atom. The highest BCUT2D eigenvalue weighted by atomic mass is 16.5. The van der Waals surface area contributed by atoms with E-state index >= 15 is 0 Å². The largest absolute Gasteiger partial charge is 0.469 e. The molecule has 23 heavy (non-hydrogen) atoms. The van der Waals surface area contributed by atoms with Gasteiger partial charge in [-0.3, -0.25) is 9.78 Å². The predicted molar refractivity (Wildman–Crippen MR) is 85.6 cm³/mol. The first-order chi connectivity index (χ1) is 11.1. The van der Waals surface area contributed by atoms with Crippen molar-refractivity contribution in [1.29, 1.82) is 0 Å². The van der Waals surface area contributed by atoms with Gasteiger partial charge in [0.2, 0.25) is 0 Å². The lowest BCUT2D eigenvalue weighted by Crippen LogP contribution is -2.06. The molecule has 0 atom stereocenters. The maximum Gasteiger partial charge on any atom is 0.339 e. The third-order valence-electron chi connectivity index (χ3n) is 3.07. The lowest BCUT2D eigenvalue weighted by Gasteiger charge is -2.08. The number of hydrogen-bond acceptors (Lipinski definition) is 6. The van der Waals surface area contributed by atoms with E-state index in [1.165, 1.54) is 13.3 Å². The minimum absolute atomic E-state index is 0.233. The van der Waals surface area contributed by atoms with E-state index in [0.717, 1.165) is 11.3 Å². The molecule has 120 valence electrons. The molecule has 0 bridgehead atoms. The van der Waals surface area contributed by atoms with Crippen LogP contribution in [0.1, 0.15) is 22.8 Å². The predicted octanol–water partition coefficient (Wildman–Crippen LogP) is 2.72. The Morgan fingerprint density at radius 3 is 2.52 bits per heavy atom. The summed E-state index contributed by atoms with van der Waals surface area (Å²) in [5.41, 5.74) is 2.75. The van der Waals surface area contributed by atoms with Crippen LogP contribution >= 0.6 is 0 Å². The van der Waals surface area contributed by atoms with Crippen LogP contribution in [0, 0.1) is 0 Å². The average molecular weight is 314 g/mol. The summed E-state index contributed by atoms with van der Waals surface area (Å²) < 4.78 is 9.57. The van der Waals surface area contributed by atoms with Gasteiger partial charge in [-0.1, -0.05) is 12.1 Å². The van der Waals surface area contributed by atoms with Crippen LogP contribution in [0.25, 0.3) is 0 Å². The standard InChI is InChI=1S/C17H18N2O4/c1-3-23-17(21)13-9-15(11-18-10-13)19-14-6-4-12(5-7-14)8-16(20)22-2/h4-7,9-11,19H,3,8H2,1-2H3. The molecule has 0 saturated carbocycles. The Hall–Kier alpha value is -2.89. The molecule has 0 amide bonds. The number of hydrogen-bond donors (Lipinski definition) is 1. The van der Waals surface area contributed by atoms with Crippen molar-refractivity contribution in [2.24, 2.45) is 0 Å². The summed E-state index contributed by atoms with van der Waals surface area (Å²) in [4.78, 5) is 26.9. The maximum atomic E-state index is 11.7. The monoisotopic (exact) mass is 314 g/mol.